The van der Waals surface area contributed by atoms with Gasteiger partial charge in [-0.2, -0.15) is 0 Å². The highest BCUT2D eigenvalue weighted by molar-refractivity contribution is 5.94. The van der Waals surface area contributed by atoms with E-state index in [1.54, 1.807) is 43.1 Å². The van der Waals surface area contributed by atoms with Gasteiger partial charge < -0.3 is 19.5 Å². The number of pyridine rings is 1. The van der Waals surface area contributed by atoms with Crippen molar-refractivity contribution in [3.8, 4) is 0 Å². The molecule has 0 spiro atoms. The minimum Gasteiger partial charge on any atom is -0.453 e. The SMILES string of the molecule is CCCc1cccc2c1N=C(Cn1cccc(CC(=O)[C@H](CC/C=C/C(=O)N(C)C)NC(=O)OC)c1=O)C2. The van der Waals surface area contributed by atoms with Crippen molar-refractivity contribution in [2.75, 3.05) is 21.2 Å². The van der Waals surface area contributed by atoms with Gasteiger partial charge in [-0.25, -0.2) is 4.79 Å². The Bertz CT molecular complexity index is 1290. The molecule has 0 aliphatic carbocycles. The first-order chi connectivity index (χ1) is 18.2. The molecule has 1 aliphatic heterocycles. The van der Waals surface area contributed by atoms with Crippen LogP contribution in [0.15, 0.2) is 58.5 Å². The summed E-state index contributed by atoms with van der Waals surface area (Å²) in [5.74, 6) is -0.484. The highest BCUT2D eigenvalue weighted by Gasteiger charge is 2.23. The van der Waals surface area contributed by atoms with Gasteiger partial charge in [-0.3, -0.25) is 19.4 Å². The maximum atomic E-state index is 13.2. The van der Waals surface area contributed by atoms with Crippen molar-refractivity contribution in [3.05, 3.63) is 75.7 Å². The Morgan fingerprint density at radius 2 is 1.95 bits per heavy atom. The van der Waals surface area contributed by atoms with Crippen LogP contribution >= 0.6 is 0 Å². The predicted molar refractivity (Wildman–Crippen MR) is 147 cm³/mol. The molecule has 1 aromatic heterocycles. The number of fused-ring (bicyclic) bond motifs is 1. The summed E-state index contributed by atoms with van der Waals surface area (Å²) in [7, 11) is 4.51. The Morgan fingerprint density at radius 1 is 1.18 bits per heavy atom. The Labute approximate surface area is 223 Å². The fourth-order valence-electron chi connectivity index (χ4n) is 4.37. The molecule has 0 radical (unpaired) electrons. The van der Waals surface area contributed by atoms with Crippen molar-refractivity contribution in [2.24, 2.45) is 4.99 Å². The van der Waals surface area contributed by atoms with E-state index in [0.717, 1.165) is 24.2 Å². The van der Waals surface area contributed by atoms with Crippen molar-refractivity contribution < 1.29 is 19.1 Å². The Hall–Kier alpha value is -4.01. The number of aliphatic imine (C=N–C) groups is 1. The van der Waals surface area contributed by atoms with Gasteiger partial charge in [0, 0.05) is 44.4 Å². The highest BCUT2D eigenvalue weighted by Crippen LogP contribution is 2.31. The van der Waals surface area contributed by atoms with Gasteiger partial charge in [-0.05, 0) is 42.5 Å². The number of nitrogens with one attached hydrogen (secondary N) is 1. The molecule has 3 rings (SSSR count). The molecule has 0 saturated carbocycles. The van der Waals surface area contributed by atoms with E-state index >= 15 is 0 Å². The number of alkyl carbamates (subject to hydrolysis) is 1. The fraction of sp³-hybridized carbons (Fsp3) is 0.414. The van der Waals surface area contributed by atoms with E-state index in [4.69, 9.17) is 4.99 Å². The van der Waals surface area contributed by atoms with Crippen molar-refractivity contribution >= 4 is 29.2 Å². The number of allylic oxidation sites excluding steroid dienone is 1. The number of likely N-dealkylation sites (N-methyl/N-ethyl adjacent to an activating group) is 1. The molecule has 2 aromatic rings. The average Bonchev–Trinajstić information content (AvgIpc) is 3.31. The van der Waals surface area contributed by atoms with Crippen LogP contribution in [0.5, 0.6) is 0 Å². The van der Waals surface area contributed by atoms with E-state index in [-0.39, 0.29) is 30.1 Å². The predicted octanol–water partition coefficient (Wildman–Crippen LogP) is 3.39. The second-order valence-corrected chi connectivity index (χ2v) is 9.54. The number of methoxy groups -OCH3 is 1. The molecule has 202 valence electrons. The molecule has 9 nitrogen and oxygen atoms in total. The Kier molecular flexibility index (Phi) is 10.2. The van der Waals surface area contributed by atoms with E-state index in [2.05, 4.69) is 35.2 Å². The number of ether oxygens (including phenoxy) is 1. The van der Waals surface area contributed by atoms with Gasteiger partial charge in [0.05, 0.1) is 25.4 Å². The summed E-state index contributed by atoms with van der Waals surface area (Å²) in [5, 5.41) is 2.55. The molecule has 9 heteroatoms. The van der Waals surface area contributed by atoms with Gasteiger partial charge >= 0.3 is 6.09 Å². The van der Waals surface area contributed by atoms with Crippen LogP contribution in [0.1, 0.15) is 42.9 Å². The number of para-hydroxylation sites is 1. The summed E-state index contributed by atoms with van der Waals surface area (Å²) in [5.41, 5.74) is 4.39. The minimum atomic E-state index is -0.861. The topological polar surface area (TPSA) is 110 Å². The third-order valence-corrected chi connectivity index (χ3v) is 6.39. The first-order valence-electron chi connectivity index (χ1n) is 12.8. The van der Waals surface area contributed by atoms with E-state index < -0.39 is 12.1 Å². The van der Waals surface area contributed by atoms with E-state index in [1.165, 1.54) is 29.2 Å². The molecule has 38 heavy (non-hydrogen) atoms. The maximum absolute atomic E-state index is 13.2. The molecule has 1 aromatic carbocycles. The van der Waals surface area contributed by atoms with Crippen LogP contribution < -0.4 is 10.9 Å². The molecular formula is C29H36N4O5. The summed E-state index contributed by atoms with van der Waals surface area (Å²) in [4.78, 5) is 56.2. The number of carbonyl (C=O) groups excluding carboxylic acids is 3. The lowest BCUT2D eigenvalue weighted by molar-refractivity contribution is -0.123. The molecular weight excluding hydrogens is 484 g/mol. The zero-order valence-electron chi connectivity index (χ0n) is 22.5. The summed E-state index contributed by atoms with van der Waals surface area (Å²) in [6, 6.07) is 8.74. The highest BCUT2D eigenvalue weighted by atomic mass is 16.5. The van der Waals surface area contributed by atoms with Crippen LogP contribution in [0.25, 0.3) is 0 Å². The summed E-state index contributed by atoms with van der Waals surface area (Å²) >= 11 is 0. The molecule has 2 amide bonds. The number of carbonyl (C=O) groups is 3. The fourth-order valence-corrected chi connectivity index (χ4v) is 4.37. The molecule has 2 heterocycles. The Balaban J connectivity index is 1.71. The zero-order chi connectivity index (χ0) is 27.7. The normalized spacial score (nSPS) is 13.1. The second-order valence-electron chi connectivity index (χ2n) is 9.54. The number of amides is 2. The quantitative estimate of drug-likeness (QED) is 0.432. The van der Waals surface area contributed by atoms with E-state index in [1.807, 2.05) is 0 Å². The van der Waals surface area contributed by atoms with Crippen molar-refractivity contribution in [1.82, 2.24) is 14.8 Å². The number of aryl methyl sites for hydroxylation is 1. The van der Waals surface area contributed by atoms with Gasteiger partial charge in [0.1, 0.15) is 0 Å². The molecule has 1 atom stereocenters. The summed E-state index contributed by atoms with van der Waals surface area (Å²) in [6.45, 7) is 2.48. The Morgan fingerprint density at radius 3 is 2.66 bits per heavy atom. The van der Waals surface area contributed by atoms with Crippen molar-refractivity contribution in [2.45, 2.75) is 58.0 Å². The lowest BCUT2D eigenvalue weighted by Crippen LogP contribution is -2.42. The molecule has 0 saturated heterocycles. The monoisotopic (exact) mass is 520 g/mol. The lowest BCUT2D eigenvalue weighted by atomic mass is 10.0. The van der Waals surface area contributed by atoms with Gasteiger partial charge in [-0.15, -0.1) is 0 Å². The van der Waals surface area contributed by atoms with Gasteiger partial charge in [0.2, 0.25) is 5.91 Å². The number of hydrogen-bond acceptors (Lipinski definition) is 6. The van der Waals surface area contributed by atoms with Crippen LogP contribution in [-0.2, 0) is 40.1 Å². The average molecular weight is 521 g/mol. The first-order valence-corrected chi connectivity index (χ1v) is 12.8. The molecule has 1 N–H and O–H groups in total. The van der Waals surface area contributed by atoms with E-state index in [0.29, 0.717) is 24.9 Å². The number of rotatable bonds is 12. The van der Waals surface area contributed by atoms with Crippen LogP contribution in [0.2, 0.25) is 0 Å². The lowest BCUT2D eigenvalue weighted by Gasteiger charge is -2.16. The van der Waals surface area contributed by atoms with Crippen molar-refractivity contribution in [1.29, 1.82) is 0 Å². The largest absolute Gasteiger partial charge is 0.453 e. The van der Waals surface area contributed by atoms with Crippen LogP contribution in [0.3, 0.4) is 0 Å². The minimum absolute atomic E-state index is 0.137. The zero-order valence-corrected chi connectivity index (χ0v) is 22.5. The number of aromatic nitrogens is 1. The number of benzene rings is 1. The smallest absolute Gasteiger partial charge is 0.407 e. The molecule has 0 unspecified atom stereocenters. The van der Waals surface area contributed by atoms with Gasteiger partial charge in [0.15, 0.2) is 5.78 Å². The summed E-state index contributed by atoms with van der Waals surface area (Å²) < 4.78 is 6.24. The maximum Gasteiger partial charge on any atom is 0.407 e. The molecule has 0 bridgehead atoms. The third-order valence-electron chi connectivity index (χ3n) is 6.39. The van der Waals surface area contributed by atoms with Crippen LogP contribution in [-0.4, -0.2) is 60.2 Å². The first kappa shape index (κ1) is 28.6. The van der Waals surface area contributed by atoms with Gasteiger partial charge in [-0.1, -0.05) is 43.7 Å². The molecule has 0 fully saturated rings. The number of hydrogen-bond donors (Lipinski definition) is 1. The second kappa shape index (κ2) is 13.5. The van der Waals surface area contributed by atoms with Crippen molar-refractivity contribution in [3.63, 3.8) is 0 Å². The third kappa shape index (κ3) is 7.50. The summed E-state index contributed by atoms with van der Waals surface area (Å²) in [6.07, 6.45) is 7.25. The van der Waals surface area contributed by atoms with Gasteiger partial charge in [0.25, 0.3) is 5.56 Å². The number of Topliss-reactive ketones (excluding diaryl/α,β-unsaturated/α-hetero) is 1. The van der Waals surface area contributed by atoms with Crippen LogP contribution in [0.4, 0.5) is 10.5 Å². The molecule has 1 aliphatic rings. The van der Waals surface area contributed by atoms with E-state index in [9.17, 15) is 19.2 Å². The number of nitrogens with zero attached hydrogens (tertiary/aromatic N) is 3. The standard InChI is InChI=1S/C29H36N4O5/c1-5-10-20-11-8-12-21-17-23(30-27(20)21)19-33-16-9-13-22(28(33)36)18-25(34)24(31-29(37)38-4)14-6-7-15-26(35)32(2)3/h7-9,11-13,15-16,24H,5-6,10,14,17-19H2,1-4H3,(H,31,37)/b15-7+/t24-/m0/s1. The number of ketones is 1. The van der Waals surface area contributed by atoms with Crippen LogP contribution in [0, 0.1) is 0 Å².